The van der Waals surface area contributed by atoms with Gasteiger partial charge >= 0.3 is 0 Å². The highest BCUT2D eigenvalue weighted by Gasteiger charge is 1.85. The largest absolute Gasteiger partial charge is 0.393 e. The van der Waals surface area contributed by atoms with E-state index in [4.69, 9.17) is 5.84 Å². The third-order valence-corrected chi connectivity index (χ3v) is 0.910. The molecule has 0 aromatic rings. The normalized spacial score (nSPS) is 11.2. The van der Waals surface area contributed by atoms with E-state index in [1.54, 1.807) is 12.1 Å². The van der Waals surface area contributed by atoms with Gasteiger partial charge in [-0.3, -0.25) is 0 Å². The summed E-state index contributed by atoms with van der Waals surface area (Å²) in [6.07, 6.45) is 1.83. The molecule has 3 nitrogen and oxygen atoms in total. The Kier molecular flexibility index (Phi) is 3.03. The van der Waals surface area contributed by atoms with E-state index in [2.05, 4.69) is 5.32 Å². The third kappa shape index (κ3) is 2.47. The van der Waals surface area contributed by atoms with Crippen LogP contribution in [0.1, 0.15) is 6.92 Å². The molecule has 0 atom stereocenters. The molecule has 48 valence electrons. The number of hydrogen-bond acceptors (Lipinski definition) is 3. The van der Waals surface area contributed by atoms with Crippen molar-refractivity contribution in [1.29, 1.82) is 0 Å². The first-order chi connectivity index (χ1) is 3.68. The zero-order chi connectivity index (χ0) is 6.57. The highest BCUT2D eigenvalue weighted by Crippen LogP contribution is 1.87. The molecule has 0 bridgehead atoms. The average molecular weight is 115 g/mol. The van der Waals surface area contributed by atoms with Crippen LogP contribution in [0.15, 0.2) is 11.9 Å². The molecular formula is C5H13N3. The maximum atomic E-state index is 5.35. The Labute approximate surface area is 50.1 Å². The molecule has 0 aliphatic carbocycles. The first kappa shape index (κ1) is 7.30. The molecule has 0 fully saturated rings. The van der Waals surface area contributed by atoms with Crippen LogP contribution < -0.4 is 11.2 Å². The molecule has 0 aliphatic rings. The standard InChI is InChI=1S/C5H13N3/c1-5(4-7-2)8(3)6/h4,7H,6H2,1-3H3/b5-4-. The molecule has 0 aromatic heterocycles. The maximum absolute atomic E-state index is 5.35. The van der Waals surface area contributed by atoms with Crippen molar-refractivity contribution in [3.8, 4) is 0 Å². The van der Waals surface area contributed by atoms with Gasteiger partial charge in [0.25, 0.3) is 0 Å². The van der Waals surface area contributed by atoms with E-state index in [0.717, 1.165) is 5.70 Å². The second kappa shape index (κ2) is 3.32. The number of hydrazine groups is 1. The quantitative estimate of drug-likeness (QED) is 0.389. The van der Waals surface area contributed by atoms with Crippen LogP contribution in [0, 0.1) is 0 Å². The Hall–Kier alpha value is -0.700. The van der Waals surface area contributed by atoms with Crippen molar-refractivity contribution in [2.45, 2.75) is 6.92 Å². The number of allylic oxidation sites excluding steroid dienone is 1. The fraction of sp³-hybridized carbons (Fsp3) is 0.600. The average Bonchev–Trinajstić information content (AvgIpc) is 1.67. The van der Waals surface area contributed by atoms with E-state index < -0.39 is 0 Å². The van der Waals surface area contributed by atoms with Crippen LogP contribution in [0.4, 0.5) is 0 Å². The van der Waals surface area contributed by atoms with Gasteiger partial charge in [0.15, 0.2) is 0 Å². The smallest absolute Gasteiger partial charge is 0.0413 e. The van der Waals surface area contributed by atoms with Gasteiger partial charge in [0.05, 0.1) is 0 Å². The van der Waals surface area contributed by atoms with Crippen molar-refractivity contribution >= 4 is 0 Å². The van der Waals surface area contributed by atoms with E-state index in [1.165, 1.54) is 0 Å². The first-order valence-electron chi connectivity index (χ1n) is 2.51. The lowest BCUT2D eigenvalue weighted by atomic mass is 10.5. The van der Waals surface area contributed by atoms with Crippen LogP contribution in [-0.2, 0) is 0 Å². The number of nitrogens with two attached hydrogens (primary N) is 1. The molecule has 3 heteroatoms. The van der Waals surface area contributed by atoms with E-state index >= 15 is 0 Å². The number of rotatable bonds is 2. The lowest BCUT2D eigenvalue weighted by molar-refractivity contribution is 0.439. The second-order valence-electron chi connectivity index (χ2n) is 1.69. The van der Waals surface area contributed by atoms with Crippen molar-refractivity contribution in [2.75, 3.05) is 14.1 Å². The molecule has 0 aliphatic heterocycles. The molecule has 0 rings (SSSR count). The fourth-order valence-corrected chi connectivity index (χ4v) is 0.311. The lowest BCUT2D eigenvalue weighted by Crippen LogP contribution is -2.24. The highest BCUT2D eigenvalue weighted by molar-refractivity contribution is 4.91. The van der Waals surface area contributed by atoms with E-state index in [1.807, 2.05) is 20.2 Å². The summed E-state index contributed by atoms with van der Waals surface area (Å²) in [6, 6.07) is 0. The summed E-state index contributed by atoms with van der Waals surface area (Å²) in [5, 5.41) is 4.42. The van der Waals surface area contributed by atoms with Gasteiger partial charge in [-0.05, 0) is 6.92 Å². The summed E-state index contributed by atoms with van der Waals surface area (Å²) >= 11 is 0. The molecule has 0 unspecified atom stereocenters. The van der Waals surface area contributed by atoms with Gasteiger partial charge < -0.3 is 10.3 Å². The molecule has 8 heavy (non-hydrogen) atoms. The second-order valence-corrected chi connectivity index (χ2v) is 1.69. The Morgan fingerprint density at radius 3 is 2.38 bits per heavy atom. The summed E-state index contributed by atoms with van der Waals surface area (Å²) in [7, 11) is 3.64. The Bertz CT molecular complexity index is 85.7. The van der Waals surface area contributed by atoms with Gasteiger partial charge in [-0.1, -0.05) is 0 Å². The number of nitrogens with one attached hydrogen (secondary N) is 1. The zero-order valence-corrected chi connectivity index (χ0v) is 5.60. The molecule has 0 saturated carbocycles. The third-order valence-electron chi connectivity index (χ3n) is 0.910. The van der Waals surface area contributed by atoms with Gasteiger partial charge in [-0.15, -0.1) is 0 Å². The molecule has 0 aromatic carbocycles. The molecule has 0 saturated heterocycles. The van der Waals surface area contributed by atoms with Crippen LogP contribution in [0.25, 0.3) is 0 Å². The molecule has 3 N–H and O–H groups in total. The van der Waals surface area contributed by atoms with Crippen LogP contribution in [0.2, 0.25) is 0 Å². The van der Waals surface area contributed by atoms with Crippen molar-refractivity contribution in [3.05, 3.63) is 11.9 Å². The highest BCUT2D eigenvalue weighted by atomic mass is 15.4. The zero-order valence-electron chi connectivity index (χ0n) is 5.60. The summed E-state index contributed by atoms with van der Waals surface area (Å²) in [5.74, 6) is 5.35. The van der Waals surface area contributed by atoms with Crippen molar-refractivity contribution in [3.63, 3.8) is 0 Å². The van der Waals surface area contributed by atoms with Gasteiger partial charge in [0.2, 0.25) is 0 Å². The monoisotopic (exact) mass is 115 g/mol. The fourth-order valence-electron chi connectivity index (χ4n) is 0.311. The van der Waals surface area contributed by atoms with Gasteiger partial charge in [-0.2, -0.15) is 0 Å². The summed E-state index contributed by atoms with van der Waals surface area (Å²) in [5.41, 5.74) is 1.01. The Morgan fingerprint density at radius 2 is 2.25 bits per heavy atom. The van der Waals surface area contributed by atoms with Crippen LogP contribution in [-0.4, -0.2) is 19.1 Å². The Balaban J connectivity index is 3.61. The topological polar surface area (TPSA) is 41.3 Å². The van der Waals surface area contributed by atoms with Crippen molar-refractivity contribution in [2.24, 2.45) is 5.84 Å². The first-order valence-corrected chi connectivity index (χ1v) is 2.51. The minimum Gasteiger partial charge on any atom is -0.393 e. The van der Waals surface area contributed by atoms with Gasteiger partial charge in [-0.25, -0.2) is 5.84 Å². The Morgan fingerprint density at radius 1 is 1.75 bits per heavy atom. The van der Waals surface area contributed by atoms with E-state index in [9.17, 15) is 0 Å². The van der Waals surface area contributed by atoms with E-state index in [-0.39, 0.29) is 0 Å². The molecule has 0 heterocycles. The summed E-state index contributed by atoms with van der Waals surface area (Å²) in [6.45, 7) is 1.93. The van der Waals surface area contributed by atoms with E-state index in [0.29, 0.717) is 0 Å². The SMILES string of the molecule is CN/C=C(/C)N(C)N. The minimum atomic E-state index is 1.01. The van der Waals surface area contributed by atoms with Crippen LogP contribution >= 0.6 is 0 Å². The van der Waals surface area contributed by atoms with Crippen LogP contribution in [0.3, 0.4) is 0 Å². The van der Waals surface area contributed by atoms with Gasteiger partial charge in [0.1, 0.15) is 0 Å². The lowest BCUT2D eigenvalue weighted by Gasteiger charge is -2.10. The molecule has 0 radical (unpaired) electrons. The predicted octanol–water partition coefficient (Wildman–Crippen LogP) is -0.127. The maximum Gasteiger partial charge on any atom is 0.0413 e. The van der Waals surface area contributed by atoms with Crippen LogP contribution in [0.5, 0.6) is 0 Å². The number of nitrogens with zero attached hydrogens (tertiary/aromatic N) is 1. The number of hydrogen-bond donors (Lipinski definition) is 2. The summed E-state index contributed by atoms with van der Waals surface area (Å²) < 4.78 is 0. The van der Waals surface area contributed by atoms with Crippen molar-refractivity contribution in [1.82, 2.24) is 10.3 Å². The minimum absolute atomic E-state index is 1.01. The van der Waals surface area contributed by atoms with Crippen molar-refractivity contribution < 1.29 is 0 Å². The molecule has 0 amide bonds. The predicted molar refractivity (Wildman–Crippen MR) is 34.8 cm³/mol. The molecule has 0 spiro atoms. The summed E-state index contributed by atoms with van der Waals surface area (Å²) in [4.78, 5) is 0. The molecular weight excluding hydrogens is 102 g/mol. The van der Waals surface area contributed by atoms with Gasteiger partial charge in [0, 0.05) is 26.0 Å².